The Labute approximate surface area is 118 Å². The Kier molecular flexibility index (Phi) is 4.30. The van der Waals surface area contributed by atoms with Crippen molar-refractivity contribution in [2.24, 2.45) is 0 Å². The van der Waals surface area contributed by atoms with Gasteiger partial charge in [0.2, 0.25) is 0 Å². The number of aryl methyl sites for hydroxylation is 2. The molecule has 0 fully saturated rings. The number of nitrogens with one attached hydrogen (secondary N) is 2. The molecule has 0 aliphatic heterocycles. The highest BCUT2D eigenvalue weighted by molar-refractivity contribution is 5.99. The number of rotatable bonds is 4. The zero-order chi connectivity index (χ0) is 14.5. The zero-order valence-electron chi connectivity index (χ0n) is 11.9. The van der Waals surface area contributed by atoms with Gasteiger partial charge < -0.3 is 10.6 Å². The Morgan fingerprint density at radius 3 is 2.75 bits per heavy atom. The molecule has 5 heteroatoms. The Balaban J connectivity index is 2.09. The highest BCUT2D eigenvalue weighted by Crippen LogP contribution is 2.16. The van der Waals surface area contributed by atoms with E-state index >= 15 is 0 Å². The summed E-state index contributed by atoms with van der Waals surface area (Å²) in [6.07, 6.45) is 1.69. The first-order chi connectivity index (χ1) is 9.60. The lowest BCUT2D eigenvalue weighted by atomic mass is 10.1. The van der Waals surface area contributed by atoms with Crippen LogP contribution in [0.1, 0.15) is 27.4 Å². The topological polar surface area (TPSA) is 66.9 Å². The molecule has 1 aromatic carbocycles. The minimum absolute atomic E-state index is 0.120. The summed E-state index contributed by atoms with van der Waals surface area (Å²) in [6.45, 7) is 4.20. The smallest absolute Gasteiger partial charge is 0.253 e. The molecule has 0 saturated carbocycles. The molecule has 2 rings (SSSR count). The number of nitrogens with zero attached hydrogens (tertiary/aromatic N) is 2. The molecule has 104 valence electrons. The lowest BCUT2D eigenvalue weighted by Gasteiger charge is -2.10. The summed E-state index contributed by atoms with van der Waals surface area (Å²) in [5, 5.41) is 5.91. The molecule has 0 spiro atoms. The van der Waals surface area contributed by atoms with E-state index in [0.717, 1.165) is 16.9 Å². The molecule has 0 bridgehead atoms. The number of benzene rings is 1. The number of carbonyl (C=O) groups excluding carboxylic acids is 1. The van der Waals surface area contributed by atoms with E-state index in [4.69, 9.17) is 0 Å². The number of amides is 1. The summed E-state index contributed by atoms with van der Waals surface area (Å²) in [5.74, 6) is 0.577. The molecule has 0 atom stereocenters. The zero-order valence-corrected chi connectivity index (χ0v) is 11.9. The van der Waals surface area contributed by atoms with Crippen molar-refractivity contribution >= 4 is 11.6 Å². The maximum Gasteiger partial charge on any atom is 0.253 e. The molecule has 0 radical (unpaired) electrons. The molecule has 0 saturated heterocycles. The minimum atomic E-state index is -0.120. The maximum atomic E-state index is 12.2. The lowest BCUT2D eigenvalue weighted by Crippen LogP contribution is -2.24. The predicted molar refractivity (Wildman–Crippen MR) is 78.7 cm³/mol. The molecule has 1 aromatic heterocycles. The Bertz CT molecular complexity index is 625. The molecule has 0 aliphatic rings. The third-order valence-electron chi connectivity index (χ3n) is 2.95. The lowest BCUT2D eigenvalue weighted by molar-refractivity contribution is 0.0951. The van der Waals surface area contributed by atoms with Crippen molar-refractivity contribution in [3.63, 3.8) is 0 Å². The number of anilines is 1. The summed E-state index contributed by atoms with van der Waals surface area (Å²) in [6, 6.07) is 7.48. The third-order valence-corrected chi connectivity index (χ3v) is 2.95. The predicted octanol–water partition coefficient (Wildman–Crippen LogP) is 2.07. The van der Waals surface area contributed by atoms with Gasteiger partial charge in [0.05, 0.1) is 17.8 Å². The highest BCUT2D eigenvalue weighted by atomic mass is 16.1. The SMILES string of the molecule is CNc1cc(C)ccc1C(=O)NCc1ccnc(C)n1. The fourth-order valence-electron chi connectivity index (χ4n) is 1.93. The quantitative estimate of drug-likeness (QED) is 0.892. The van der Waals surface area contributed by atoms with Crippen LogP contribution in [-0.4, -0.2) is 22.9 Å². The minimum Gasteiger partial charge on any atom is -0.387 e. The van der Waals surface area contributed by atoms with Gasteiger partial charge in [-0.15, -0.1) is 0 Å². The first-order valence-corrected chi connectivity index (χ1v) is 6.45. The van der Waals surface area contributed by atoms with Crippen molar-refractivity contribution in [1.82, 2.24) is 15.3 Å². The molecule has 5 nitrogen and oxygen atoms in total. The molecule has 2 aromatic rings. The first kappa shape index (κ1) is 14.0. The summed E-state index contributed by atoms with van der Waals surface area (Å²) >= 11 is 0. The van der Waals surface area contributed by atoms with Crippen LogP contribution in [0.3, 0.4) is 0 Å². The van der Waals surface area contributed by atoms with Gasteiger partial charge in [0.15, 0.2) is 0 Å². The van der Waals surface area contributed by atoms with Gasteiger partial charge in [-0.05, 0) is 37.6 Å². The second-order valence-corrected chi connectivity index (χ2v) is 4.58. The van der Waals surface area contributed by atoms with E-state index in [-0.39, 0.29) is 5.91 Å². The van der Waals surface area contributed by atoms with Crippen LogP contribution in [0.2, 0.25) is 0 Å². The molecule has 1 heterocycles. The van der Waals surface area contributed by atoms with Crippen LogP contribution < -0.4 is 10.6 Å². The third kappa shape index (κ3) is 3.32. The normalized spacial score (nSPS) is 10.2. The second-order valence-electron chi connectivity index (χ2n) is 4.58. The number of hydrogen-bond acceptors (Lipinski definition) is 4. The van der Waals surface area contributed by atoms with Crippen LogP contribution in [0, 0.1) is 13.8 Å². The van der Waals surface area contributed by atoms with E-state index in [1.165, 1.54) is 0 Å². The number of aromatic nitrogens is 2. The van der Waals surface area contributed by atoms with Gasteiger partial charge in [0.1, 0.15) is 5.82 Å². The standard InChI is InChI=1S/C15H18N4O/c1-10-4-5-13(14(8-10)16-3)15(20)18-9-12-6-7-17-11(2)19-12/h4-8,16H,9H2,1-3H3,(H,18,20). The first-order valence-electron chi connectivity index (χ1n) is 6.45. The fraction of sp³-hybridized carbons (Fsp3) is 0.267. The van der Waals surface area contributed by atoms with E-state index in [1.807, 2.05) is 32.0 Å². The van der Waals surface area contributed by atoms with E-state index < -0.39 is 0 Å². The van der Waals surface area contributed by atoms with Crippen molar-refractivity contribution in [3.8, 4) is 0 Å². The van der Waals surface area contributed by atoms with Crippen molar-refractivity contribution in [3.05, 3.63) is 53.1 Å². The second kappa shape index (κ2) is 6.14. The van der Waals surface area contributed by atoms with E-state index in [1.54, 1.807) is 19.3 Å². The molecule has 20 heavy (non-hydrogen) atoms. The van der Waals surface area contributed by atoms with Gasteiger partial charge in [0, 0.05) is 18.9 Å². The van der Waals surface area contributed by atoms with E-state index in [0.29, 0.717) is 17.9 Å². The van der Waals surface area contributed by atoms with Crippen LogP contribution in [0.5, 0.6) is 0 Å². The molecular formula is C15H18N4O. The highest BCUT2D eigenvalue weighted by Gasteiger charge is 2.10. The van der Waals surface area contributed by atoms with Gasteiger partial charge in [-0.1, -0.05) is 6.07 Å². The van der Waals surface area contributed by atoms with Crippen LogP contribution in [-0.2, 0) is 6.54 Å². The van der Waals surface area contributed by atoms with Crippen molar-refractivity contribution in [2.45, 2.75) is 20.4 Å². The summed E-state index contributed by atoms with van der Waals surface area (Å²) < 4.78 is 0. The fourth-order valence-corrected chi connectivity index (χ4v) is 1.93. The van der Waals surface area contributed by atoms with Crippen LogP contribution >= 0.6 is 0 Å². The largest absolute Gasteiger partial charge is 0.387 e. The summed E-state index contributed by atoms with van der Waals surface area (Å²) in [7, 11) is 1.80. The average Bonchev–Trinajstić information content (AvgIpc) is 2.44. The van der Waals surface area contributed by atoms with E-state index in [9.17, 15) is 4.79 Å². The molecule has 1 amide bonds. The van der Waals surface area contributed by atoms with Crippen LogP contribution in [0.25, 0.3) is 0 Å². The van der Waals surface area contributed by atoms with Crippen molar-refractivity contribution in [1.29, 1.82) is 0 Å². The van der Waals surface area contributed by atoms with Crippen LogP contribution in [0.15, 0.2) is 30.5 Å². The maximum absolute atomic E-state index is 12.2. The Morgan fingerprint density at radius 1 is 1.25 bits per heavy atom. The Hall–Kier alpha value is -2.43. The number of hydrogen-bond donors (Lipinski definition) is 2. The van der Waals surface area contributed by atoms with E-state index in [2.05, 4.69) is 20.6 Å². The number of carbonyl (C=O) groups is 1. The monoisotopic (exact) mass is 270 g/mol. The average molecular weight is 270 g/mol. The molecule has 0 aliphatic carbocycles. The van der Waals surface area contributed by atoms with Crippen molar-refractivity contribution in [2.75, 3.05) is 12.4 Å². The van der Waals surface area contributed by atoms with Gasteiger partial charge in [-0.25, -0.2) is 9.97 Å². The van der Waals surface area contributed by atoms with Gasteiger partial charge in [-0.3, -0.25) is 4.79 Å². The summed E-state index contributed by atoms with van der Waals surface area (Å²) in [4.78, 5) is 20.5. The van der Waals surface area contributed by atoms with Gasteiger partial charge in [-0.2, -0.15) is 0 Å². The molecule has 0 unspecified atom stereocenters. The van der Waals surface area contributed by atoms with Crippen molar-refractivity contribution < 1.29 is 4.79 Å². The Morgan fingerprint density at radius 2 is 2.05 bits per heavy atom. The molecular weight excluding hydrogens is 252 g/mol. The van der Waals surface area contributed by atoms with Gasteiger partial charge in [0.25, 0.3) is 5.91 Å². The summed E-state index contributed by atoms with van der Waals surface area (Å²) in [5.41, 5.74) is 3.35. The van der Waals surface area contributed by atoms with Crippen LogP contribution in [0.4, 0.5) is 5.69 Å². The van der Waals surface area contributed by atoms with Gasteiger partial charge >= 0.3 is 0 Å². The molecule has 2 N–H and O–H groups in total.